The van der Waals surface area contributed by atoms with Gasteiger partial charge in [-0.05, 0) is 54.6 Å². The van der Waals surface area contributed by atoms with Gasteiger partial charge < -0.3 is 10.6 Å². The third-order valence-electron chi connectivity index (χ3n) is 3.38. The molecule has 0 aliphatic heterocycles. The summed E-state index contributed by atoms with van der Waals surface area (Å²) in [7, 11) is 0. The van der Waals surface area contributed by atoms with Gasteiger partial charge in [0, 0.05) is 21.5 Å². The van der Waals surface area contributed by atoms with Crippen LogP contribution in [-0.4, -0.2) is 5.91 Å². The number of hydrogen-bond donors (Lipinski definition) is 2. The molecule has 120 valence electrons. The number of rotatable bonds is 4. The van der Waals surface area contributed by atoms with Crippen molar-refractivity contribution < 1.29 is 4.79 Å². The molecule has 0 radical (unpaired) electrons. The highest BCUT2D eigenvalue weighted by Gasteiger charge is 2.11. The van der Waals surface area contributed by atoms with Crippen molar-refractivity contribution in [3.8, 4) is 0 Å². The molecule has 0 bridgehead atoms. The quantitative estimate of drug-likeness (QED) is 0.554. The van der Waals surface area contributed by atoms with Crippen molar-refractivity contribution in [2.75, 3.05) is 10.6 Å². The molecule has 3 aromatic rings. The monoisotopic (exact) mass is 400 g/mol. The van der Waals surface area contributed by atoms with Gasteiger partial charge in [-0.1, -0.05) is 45.7 Å². The van der Waals surface area contributed by atoms with Gasteiger partial charge in [0.2, 0.25) is 0 Å². The van der Waals surface area contributed by atoms with Gasteiger partial charge in [-0.15, -0.1) is 0 Å². The zero-order valence-corrected chi connectivity index (χ0v) is 14.9. The number of anilines is 3. The molecule has 0 unspecified atom stereocenters. The Kier molecular flexibility index (Phi) is 5.18. The van der Waals surface area contributed by atoms with Crippen molar-refractivity contribution in [1.29, 1.82) is 0 Å². The van der Waals surface area contributed by atoms with E-state index in [2.05, 4.69) is 26.6 Å². The molecule has 3 aromatic carbocycles. The number of carbonyl (C=O) groups excluding carboxylic acids is 1. The number of amides is 1. The minimum atomic E-state index is -0.245. The van der Waals surface area contributed by atoms with E-state index in [9.17, 15) is 4.79 Å². The predicted octanol–water partition coefficient (Wildman–Crippen LogP) is 6.10. The van der Waals surface area contributed by atoms with Crippen molar-refractivity contribution >= 4 is 50.5 Å². The molecule has 5 heteroatoms. The van der Waals surface area contributed by atoms with Gasteiger partial charge in [-0.3, -0.25) is 4.79 Å². The van der Waals surface area contributed by atoms with Gasteiger partial charge in [0.1, 0.15) is 0 Å². The Bertz CT molecular complexity index is 851. The highest BCUT2D eigenvalue weighted by molar-refractivity contribution is 9.10. The summed E-state index contributed by atoms with van der Waals surface area (Å²) in [5.41, 5.74) is 3.09. The summed E-state index contributed by atoms with van der Waals surface area (Å²) in [6.45, 7) is 0. The van der Waals surface area contributed by atoms with Crippen LogP contribution in [0.25, 0.3) is 0 Å². The molecule has 2 N–H and O–H groups in total. The molecule has 0 aromatic heterocycles. The number of halogens is 2. The Morgan fingerprint density at radius 3 is 2.17 bits per heavy atom. The summed E-state index contributed by atoms with van der Waals surface area (Å²) in [4.78, 5) is 12.3. The van der Waals surface area contributed by atoms with Crippen LogP contribution < -0.4 is 10.6 Å². The average Bonchev–Trinajstić information content (AvgIpc) is 2.59. The summed E-state index contributed by atoms with van der Waals surface area (Å²) in [6.07, 6.45) is 0. The van der Waals surface area contributed by atoms with Gasteiger partial charge >= 0.3 is 0 Å². The van der Waals surface area contributed by atoms with Crippen LogP contribution in [0.5, 0.6) is 0 Å². The van der Waals surface area contributed by atoms with Crippen LogP contribution in [0.2, 0.25) is 5.02 Å². The molecule has 0 aliphatic rings. The molecule has 0 atom stereocenters. The zero-order chi connectivity index (χ0) is 16.9. The van der Waals surface area contributed by atoms with E-state index >= 15 is 0 Å². The Labute approximate surface area is 153 Å². The summed E-state index contributed by atoms with van der Waals surface area (Å²) in [5, 5.41) is 6.55. The van der Waals surface area contributed by atoms with Crippen molar-refractivity contribution in [2.24, 2.45) is 0 Å². The molecular weight excluding hydrogens is 388 g/mol. The summed E-state index contributed by atoms with van der Waals surface area (Å²) >= 11 is 9.43. The van der Waals surface area contributed by atoms with Crippen molar-refractivity contribution in [1.82, 2.24) is 0 Å². The highest BCUT2D eigenvalue weighted by Crippen LogP contribution is 2.23. The fraction of sp³-hybridized carbons (Fsp3) is 0. The second-order valence-corrected chi connectivity index (χ2v) is 6.47. The molecule has 3 rings (SSSR count). The van der Waals surface area contributed by atoms with E-state index in [1.165, 1.54) is 0 Å². The minimum absolute atomic E-state index is 0.245. The topological polar surface area (TPSA) is 41.1 Å². The Hall–Kier alpha value is -2.30. The Morgan fingerprint density at radius 1 is 0.833 bits per heavy atom. The van der Waals surface area contributed by atoms with E-state index in [1.807, 2.05) is 54.6 Å². The third-order valence-corrected chi connectivity index (χ3v) is 4.20. The van der Waals surface area contributed by atoms with Crippen LogP contribution in [0.4, 0.5) is 17.1 Å². The summed E-state index contributed by atoms with van der Waals surface area (Å²) < 4.78 is 0.805. The van der Waals surface area contributed by atoms with Crippen LogP contribution >= 0.6 is 27.5 Å². The fourth-order valence-corrected chi connectivity index (χ4v) is 2.76. The fourth-order valence-electron chi connectivity index (χ4n) is 2.19. The van der Waals surface area contributed by atoms with Crippen molar-refractivity contribution in [2.45, 2.75) is 0 Å². The van der Waals surface area contributed by atoms with Gasteiger partial charge in [0.05, 0.1) is 10.6 Å². The predicted molar refractivity (Wildman–Crippen MR) is 103 cm³/mol. The second kappa shape index (κ2) is 7.51. The number of para-hydroxylation sites is 1. The number of carbonyl (C=O) groups is 1. The van der Waals surface area contributed by atoms with Gasteiger partial charge in [-0.25, -0.2) is 0 Å². The van der Waals surface area contributed by atoms with E-state index in [4.69, 9.17) is 11.6 Å². The van der Waals surface area contributed by atoms with Crippen LogP contribution in [0.3, 0.4) is 0 Å². The molecule has 0 saturated heterocycles. The maximum Gasteiger partial charge on any atom is 0.257 e. The van der Waals surface area contributed by atoms with Crippen LogP contribution in [-0.2, 0) is 0 Å². The number of hydrogen-bond acceptors (Lipinski definition) is 2. The van der Waals surface area contributed by atoms with Gasteiger partial charge in [0.15, 0.2) is 0 Å². The lowest BCUT2D eigenvalue weighted by atomic mass is 10.2. The number of nitrogens with one attached hydrogen (secondary N) is 2. The highest BCUT2D eigenvalue weighted by atomic mass is 79.9. The first-order valence-corrected chi connectivity index (χ1v) is 8.47. The van der Waals surface area contributed by atoms with Crippen LogP contribution in [0, 0.1) is 0 Å². The minimum Gasteiger partial charge on any atom is -0.356 e. The van der Waals surface area contributed by atoms with Crippen molar-refractivity contribution in [3.63, 3.8) is 0 Å². The van der Waals surface area contributed by atoms with Crippen LogP contribution in [0.15, 0.2) is 77.3 Å². The molecule has 1 amide bonds. The zero-order valence-electron chi connectivity index (χ0n) is 12.6. The average molecular weight is 402 g/mol. The SMILES string of the molecule is O=C(Nc1ccc(Nc2ccccc2)cc1)c1cc(Br)ccc1Cl. The second-order valence-electron chi connectivity index (χ2n) is 5.15. The molecule has 0 saturated carbocycles. The van der Waals surface area contributed by atoms with E-state index in [-0.39, 0.29) is 5.91 Å². The normalized spacial score (nSPS) is 10.2. The molecule has 0 aliphatic carbocycles. The standard InChI is InChI=1S/C19H14BrClN2O/c20-13-6-11-18(21)17(12-13)19(24)23-16-9-7-15(8-10-16)22-14-4-2-1-3-5-14/h1-12,22H,(H,23,24). The Balaban J connectivity index is 1.70. The van der Waals surface area contributed by atoms with Crippen molar-refractivity contribution in [3.05, 3.63) is 87.9 Å². The first-order valence-electron chi connectivity index (χ1n) is 7.30. The first-order chi connectivity index (χ1) is 11.6. The summed E-state index contributed by atoms with van der Waals surface area (Å²) in [5.74, 6) is -0.245. The molecule has 0 fully saturated rings. The molecule has 24 heavy (non-hydrogen) atoms. The van der Waals surface area contributed by atoms with E-state index in [0.29, 0.717) is 16.3 Å². The maximum atomic E-state index is 12.3. The Morgan fingerprint density at radius 2 is 1.46 bits per heavy atom. The van der Waals surface area contributed by atoms with Crippen LogP contribution in [0.1, 0.15) is 10.4 Å². The maximum absolute atomic E-state index is 12.3. The largest absolute Gasteiger partial charge is 0.356 e. The molecule has 3 nitrogen and oxygen atoms in total. The smallest absolute Gasteiger partial charge is 0.257 e. The molecule has 0 spiro atoms. The van der Waals surface area contributed by atoms with Gasteiger partial charge in [-0.2, -0.15) is 0 Å². The summed E-state index contributed by atoms with van der Waals surface area (Å²) in [6, 6.07) is 22.6. The van der Waals surface area contributed by atoms with E-state index < -0.39 is 0 Å². The number of benzene rings is 3. The van der Waals surface area contributed by atoms with E-state index in [1.54, 1.807) is 18.2 Å². The lowest BCUT2D eigenvalue weighted by Gasteiger charge is -2.09. The first kappa shape index (κ1) is 16.6. The molecule has 0 heterocycles. The lowest BCUT2D eigenvalue weighted by molar-refractivity contribution is 0.102. The lowest BCUT2D eigenvalue weighted by Crippen LogP contribution is -2.12. The van der Waals surface area contributed by atoms with E-state index in [0.717, 1.165) is 15.8 Å². The molecular formula is C19H14BrClN2O. The van der Waals surface area contributed by atoms with Gasteiger partial charge in [0.25, 0.3) is 5.91 Å². The third kappa shape index (κ3) is 4.16.